The molecular weight excluding hydrogens is 200 g/mol. The third-order valence-electron chi connectivity index (χ3n) is 2.18. The predicted octanol–water partition coefficient (Wildman–Crippen LogP) is -0.557. The molecule has 0 heterocycles. The number of hydrogen-bond acceptors (Lipinski definition) is 3. The van der Waals surface area contributed by atoms with E-state index in [9.17, 15) is 14.4 Å². The van der Waals surface area contributed by atoms with E-state index < -0.39 is 29.9 Å². The van der Waals surface area contributed by atoms with Crippen LogP contribution in [0, 0.1) is 0 Å². The molecule has 2 amide bonds. The average molecular weight is 216 g/mol. The monoisotopic (exact) mass is 216 g/mol. The van der Waals surface area contributed by atoms with Crippen molar-refractivity contribution in [1.82, 2.24) is 10.2 Å². The van der Waals surface area contributed by atoms with Crippen LogP contribution in [-0.4, -0.2) is 46.9 Å². The number of carboxylic acids is 1. The van der Waals surface area contributed by atoms with E-state index in [1.165, 1.54) is 27.8 Å². The van der Waals surface area contributed by atoms with Crippen LogP contribution in [0.3, 0.4) is 0 Å². The van der Waals surface area contributed by atoms with Crippen LogP contribution < -0.4 is 5.32 Å². The van der Waals surface area contributed by atoms with Gasteiger partial charge in [-0.05, 0) is 13.8 Å². The van der Waals surface area contributed by atoms with Crippen molar-refractivity contribution < 1.29 is 19.5 Å². The number of amides is 2. The molecule has 6 nitrogen and oxygen atoms in total. The Morgan fingerprint density at radius 1 is 1.20 bits per heavy atom. The van der Waals surface area contributed by atoms with E-state index in [4.69, 9.17) is 5.11 Å². The Bertz CT molecular complexity index is 277. The van der Waals surface area contributed by atoms with Crippen molar-refractivity contribution in [3.05, 3.63) is 0 Å². The fourth-order valence-electron chi connectivity index (χ4n) is 1.34. The second-order valence-electron chi connectivity index (χ2n) is 3.23. The van der Waals surface area contributed by atoms with E-state index >= 15 is 0 Å². The summed E-state index contributed by atoms with van der Waals surface area (Å²) in [7, 11) is 1.43. The van der Waals surface area contributed by atoms with Gasteiger partial charge in [-0.1, -0.05) is 0 Å². The van der Waals surface area contributed by atoms with Gasteiger partial charge in [0.15, 0.2) is 0 Å². The number of carbonyl (C=O) groups excluding carboxylic acids is 2. The SMILES string of the molecule is CNC(=O)C(C)N(C(C)=O)C(C)C(=O)O. The third kappa shape index (κ3) is 3.23. The standard InChI is InChI=1S/C9H16N2O4/c1-5(8(13)10-4)11(7(3)12)6(2)9(14)15/h5-6H,1-4H3,(H,10,13)(H,14,15). The lowest BCUT2D eigenvalue weighted by atomic mass is 10.2. The first-order valence-corrected chi connectivity index (χ1v) is 4.56. The fourth-order valence-corrected chi connectivity index (χ4v) is 1.34. The van der Waals surface area contributed by atoms with E-state index in [1.807, 2.05) is 0 Å². The lowest BCUT2D eigenvalue weighted by molar-refractivity contribution is -0.152. The van der Waals surface area contributed by atoms with Crippen molar-refractivity contribution in [2.75, 3.05) is 7.05 Å². The zero-order valence-electron chi connectivity index (χ0n) is 9.27. The zero-order chi connectivity index (χ0) is 12.2. The third-order valence-corrected chi connectivity index (χ3v) is 2.18. The summed E-state index contributed by atoms with van der Waals surface area (Å²) >= 11 is 0. The molecule has 0 aliphatic carbocycles. The quantitative estimate of drug-likeness (QED) is 0.659. The van der Waals surface area contributed by atoms with Gasteiger partial charge in [-0.2, -0.15) is 0 Å². The summed E-state index contributed by atoms with van der Waals surface area (Å²) in [6, 6.07) is -1.81. The lowest BCUT2D eigenvalue weighted by Gasteiger charge is -2.30. The van der Waals surface area contributed by atoms with Crippen molar-refractivity contribution in [2.24, 2.45) is 0 Å². The fraction of sp³-hybridized carbons (Fsp3) is 0.667. The lowest BCUT2D eigenvalue weighted by Crippen LogP contribution is -2.52. The largest absolute Gasteiger partial charge is 0.480 e. The molecule has 0 spiro atoms. The van der Waals surface area contributed by atoms with Gasteiger partial charge in [-0.3, -0.25) is 9.59 Å². The van der Waals surface area contributed by atoms with E-state index in [0.717, 1.165) is 4.90 Å². The summed E-state index contributed by atoms with van der Waals surface area (Å²) < 4.78 is 0. The highest BCUT2D eigenvalue weighted by Gasteiger charge is 2.30. The normalized spacial score (nSPS) is 13.9. The molecule has 2 atom stereocenters. The molecule has 0 saturated heterocycles. The molecule has 0 aromatic heterocycles. The molecule has 2 unspecified atom stereocenters. The molecule has 6 heteroatoms. The Labute approximate surface area is 88.2 Å². The number of rotatable bonds is 4. The molecular formula is C9H16N2O4. The smallest absolute Gasteiger partial charge is 0.326 e. The van der Waals surface area contributed by atoms with Gasteiger partial charge in [0, 0.05) is 14.0 Å². The molecule has 0 aliphatic rings. The molecule has 2 N–H and O–H groups in total. The van der Waals surface area contributed by atoms with Gasteiger partial charge in [0.05, 0.1) is 0 Å². The first kappa shape index (κ1) is 13.4. The molecule has 0 aliphatic heterocycles. The van der Waals surface area contributed by atoms with Crippen molar-refractivity contribution in [1.29, 1.82) is 0 Å². The highest BCUT2D eigenvalue weighted by Crippen LogP contribution is 2.07. The minimum atomic E-state index is -1.14. The number of hydrogen-bond donors (Lipinski definition) is 2. The molecule has 0 aromatic carbocycles. The highest BCUT2D eigenvalue weighted by atomic mass is 16.4. The van der Waals surface area contributed by atoms with E-state index in [2.05, 4.69) is 5.32 Å². The van der Waals surface area contributed by atoms with Crippen LogP contribution in [0.5, 0.6) is 0 Å². The van der Waals surface area contributed by atoms with Gasteiger partial charge in [-0.15, -0.1) is 0 Å². The van der Waals surface area contributed by atoms with Crippen LogP contribution >= 0.6 is 0 Å². The summed E-state index contributed by atoms with van der Waals surface area (Å²) in [6.45, 7) is 4.09. The van der Waals surface area contributed by atoms with Crippen LogP contribution in [0.2, 0.25) is 0 Å². The Kier molecular flexibility index (Phi) is 4.77. The van der Waals surface area contributed by atoms with Gasteiger partial charge in [0.25, 0.3) is 0 Å². The average Bonchev–Trinajstić information content (AvgIpc) is 2.15. The van der Waals surface area contributed by atoms with Crippen LogP contribution in [0.25, 0.3) is 0 Å². The topological polar surface area (TPSA) is 86.7 Å². The Hall–Kier alpha value is -1.59. The second-order valence-corrected chi connectivity index (χ2v) is 3.23. The number of likely N-dealkylation sites (N-methyl/N-ethyl adjacent to an activating group) is 1. The molecule has 0 saturated carbocycles. The Morgan fingerprint density at radius 2 is 1.67 bits per heavy atom. The van der Waals surface area contributed by atoms with Gasteiger partial charge >= 0.3 is 5.97 Å². The van der Waals surface area contributed by atoms with Gasteiger partial charge < -0.3 is 15.3 Å². The first-order valence-electron chi connectivity index (χ1n) is 4.56. The van der Waals surface area contributed by atoms with Crippen LogP contribution in [0.1, 0.15) is 20.8 Å². The van der Waals surface area contributed by atoms with E-state index in [-0.39, 0.29) is 0 Å². The van der Waals surface area contributed by atoms with E-state index in [1.54, 1.807) is 0 Å². The van der Waals surface area contributed by atoms with Crippen molar-refractivity contribution in [3.63, 3.8) is 0 Å². The maximum Gasteiger partial charge on any atom is 0.326 e. The molecule has 0 bridgehead atoms. The zero-order valence-corrected chi connectivity index (χ0v) is 9.27. The summed E-state index contributed by atoms with van der Waals surface area (Å²) in [5.74, 6) is -1.97. The molecule has 86 valence electrons. The van der Waals surface area contributed by atoms with Crippen molar-refractivity contribution in [3.8, 4) is 0 Å². The summed E-state index contributed by atoms with van der Waals surface area (Å²) in [5.41, 5.74) is 0. The second kappa shape index (κ2) is 5.33. The molecule has 0 fully saturated rings. The maximum atomic E-state index is 11.3. The van der Waals surface area contributed by atoms with Crippen molar-refractivity contribution >= 4 is 17.8 Å². The van der Waals surface area contributed by atoms with Gasteiger partial charge in [0.2, 0.25) is 11.8 Å². The van der Waals surface area contributed by atoms with Gasteiger partial charge in [0.1, 0.15) is 12.1 Å². The number of nitrogens with one attached hydrogen (secondary N) is 1. The van der Waals surface area contributed by atoms with Gasteiger partial charge in [-0.25, -0.2) is 4.79 Å². The minimum Gasteiger partial charge on any atom is -0.480 e. The molecule has 0 radical (unpaired) electrons. The van der Waals surface area contributed by atoms with E-state index in [0.29, 0.717) is 0 Å². The number of carboxylic acid groups (broad SMARTS) is 1. The molecule has 15 heavy (non-hydrogen) atoms. The summed E-state index contributed by atoms with van der Waals surface area (Å²) in [5, 5.41) is 11.1. The highest BCUT2D eigenvalue weighted by molar-refractivity contribution is 5.89. The Balaban J connectivity index is 4.89. The Morgan fingerprint density at radius 3 is 1.93 bits per heavy atom. The van der Waals surface area contributed by atoms with Crippen molar-refractivity contribution in [2.45, 2.75) is 32.9 Å². The van der Waals surface area contributed by atoms with Crippen LogP contribution in [-0.2, 0) is 14.4 Å². The van der Waals surface area contributed by atoms with Crippen LogP contribution in [0.4, 0.5) is 0 Å². The molecule has 0 aromatic rings. The maximum absolute atomic E-state index is 11.3. The number of carbonyl (C=O) groups is 3. The molecule has 0 rings (SSSR count). The first-order chi connectivity index (χ1) is 6.82. The minimum absolute atomic E-state index is 0.390. The van der Waals surface area contributed by atoms with Crippen LogP contribution in [0.15, 0.2) is 0 Å². The summed E-state index contributed by atoms with van der Waals surface area (Å²) in [4.78, 5) is 34.3. The predicted molar refractivity (Wildman–Crippen MR) is 53.1 cm³/mol. The number of nitrogens with zero attached hydrogens (tertiary/aromatic N) is 1. The summed E-state index contributed by atoms with van der Waals surface area (Å²) in [6.07, 6.45) is 0. The number of aliphatic carboxylic acids is 1.